The smallest absolute Gasteiger partial charge is 0.226 e. The zero-order chi connectivity index (χ0) is 10.7. The standard InChI is InChI=1S/C12H22N2O/c1-2-12(6-4-7-12)11(15)14-10-5-3-8-13-9-10/h10,13H,2-9H2,1H3,(H,14,15)/t10-/m1/s1. The first-order valence-electron chi connectivity index (χ1n) is 6.28. The summed E-state index contributed by atoms with van der Waals surface area (Å²) >= 11 is 0. The third-order valence-corrected chi connectivity index (χ3v) is 4.10. The van der Waals surface area contributed by atoms with Crippen LogP contribution < -0.4 is 10.6 Å². The molecule has 0 aromatic heterocycles. The van der Waals surface area contributed by atoms with Gasteiger partial charge in [0.15, 0.2) is 0 Å². The van der Waals surface area contributed by atoms with E-state index in [4.69, 9.17) is 0 Å². The van der Waals surface area contributed by atoms with E-state index in [2.05, 4.69) is 17.6 Å². The molecule has 1 heterocycles. The van der Waals surface area contributed by atoms with Gasteiger partial charge in [0.1, 0.15) is 0 Å². The molecule has 1 saturated heterocycles. The number of amides is 1. The molecule has 3 nitrogen and oxygen atoms in total. The van der Waals surface area contributed by atoms with E-state index in [1.807, 2.05) is 0 Å². The van der Waals surface area contributed by atoms with E-state index in [0.29, 0.717) is 11.9 Å². The van der Waals surface area contributed by atoms with Crippen LogP contribution in [-0.4, -0.2) is 25.0 Å². The minimum absolute atomic E-state index is 0.00253. The zero-order valence-electron chi connectivity index (χ0n) is 9.64. The SMILES string of the molecule is CCC1(C(=O)N[C@@H]2CCCNC2)CCC1. The van der Waals surface area contributed by atoms with E-state index in [0.717, 1.165) is 38.8 Å². The van der Waals surface area contributed by atoms with Gasteiger partial charge in [0.05, 0.1) is 0 Å². The Kier molecular flexibility index (Phi) is 3.29. The molecule has 0 bridgehead atoms. The van der Waals surface area contributed by atoms with Crippen molar-refractivity contribution >= 4 is 5.91 Å². The van der Waals surface area contributed by atoms with Crippen LogP contribution in [0.3, 0.4) is 0 Å². The highest BCUT2D eigenvalue weighted by Gasteiger charge is 2.42. The first-order valence-corrected chi connectivity index (χ1v) is 6.28. The van der Waals surface area contributed by atoms with Crippen LogP contribution in [0.2, 0.25) is 0 Å². The lowest BCUT2D eigenvalue weighted by atomic mass is 9.66. The molecular weight excluding hydrogens is 188 g/mol. The van der Waals surface area contributed by atoms with E-state index in [-0.39, 0.29) is 5.41 Å². The molecule has 2 aliphatic rings. The largest absolute Gasteiger partial charge is 0.352 e. The van der Waals surface area contributed by atoms with Crippen molar-refractivity contribution in [1.29, 1.82) is 0 Å². The van der Waals surface area contributed by atoms with E-state index >= 15 is 0 Å². The van der Waals surface area contributed by atoms with Crippen LogP contribution in [0.5, 0.6) is 0 Å². The summed E-state index contributed by atoms with van der Waals surface area (Å²) in [6, 6.07) is 0.371. The van der Waals surface area contributed by atoms with Gasteiger partial charge < -0.3 is 10.6 Å². The van der Waals surface area contributed by atoms with E-state index < -0.39 is 0 Å². The highest BCUT2D eigenvalue weighted by molar-refractivity contribution is 5.83. The molecule has 1 aliphatic carbocycles. The Morgan fingerprint density at radius 1 is 1.47 bits per heavy atom. The molecule has 2 fully saturated rings. The number of rotatable bonds is 3. The third-order valence-electron chi connectivity index (χ3n) is 4.10. The summed E-state index contributed by atoms with van der Waals surface area (Å²) in [6.07, 6.45) is 6.73. The maximum atomic E-state index is 12.1. The molecule has 3 heteroatoms. The van der Waals surface area contributed by atoms with Gasteiger partial charge in [-0.1, -0.05) is 13.3 Å². The van der Waals surface area contributed by atoms with E-state index in [1.165, 1.54) is 12.8 Å². The first kappa shape index (κ1) is 10.9. The normalized spacial score (nSPS) is 29.3. The Balaban J connectivity index is 1.85. The van der Waals surface area contributed by atoms with Crippen LogP contribution in [0.1, 0.15) is 45.4 Å². The number of carbonyl (C=O) groups is 1. The topological polar surface area (TPSA) is 41.1 Å². The molecule has 0 radical (unpaired) electrons. The fourth-order valence-corrected chi connectivity index (χ4v) is 2.66. The summed E-state index contributed by atoms with van der Waals surface area (Å²) in [5.41, 5.74) is -0.00253. The van der Waals surface area contributed by atoms with Gasteiger partial charge >= 0.3 is 0 Å². The Morgan fingerprint density at radius 2 is 2.27 bits per heavy atom. The van der Waals surface area contributed by atoms with Crippen LogP contribution >= 0.6 is 0 Å². The maximum absolute atomic E-state index is 12.1. The van der Waals surface area contributed by atoms with Gasteiger partial charge in [-0.2, -0.15) is 0 Å². The van der Waals surface area contributed by atoms with Crippen molar-refractivity contribution in [2.75, 3.05) is 13.1 Å². The van der Waals surface area contributed by atoms with Crippen LogP contribution in [0.15, 0.2) is 0 Å². The second-order valence-electron chi connectivity index (χ2n) is 5.00. The van der Waals surface area contributed by atoms with Crippen molar-refractivity contribution in [3.8, 4) is 0 Å². The Bertz CT molecular complexity index is 224. The van der Waals surface area contributed by atoms with E-state index in [1.54, 1.807) is 0 Å². The number of hydrogen-bond acceptors (Lipinski definition) is 2. The highest BCUT2D eigenvalue weighted by Crippen LogP contribution is 2.44. The van der Waals surface area contributed by atoms with Crippen molar-refractivity contribution in [2.45, 2.75) is 51.5 Å². The molecule has 0 spiro atoms. The minimum atomic E-state index is -0.00253. The monoisotopic (exact) mass is 210 g/mol. The summed E-state index contributed by atoms with van der Waals surface area (Å²) < 4.78 is 0. The lowest BCUT2D eigenvalue weighted by Gasteiger charge is -2.41. The summed E-state index contributed by atoms with van der Waals surface area (Å²) in [7, 11) is 0. The molecule has 1 saturated carbocycles. The summed E-state index contributed by atoms with van der Waals surface area (Å²) in [5, 5.41) is 6.54. The second-order valence-corrected chi connectivity index (χ2v) is 5.00. The molecule has 0 aromatic carbocycles. The summed E-state index contributed by atoms with van der Waals surface area (Å²) in [4.78, 5) is 12.1. The van der Waals surface area contributed by atoms with Crippen molar-refractivity contribution in [3.63, 3.8) is 0 Å². The fraction of sp³-hybridized carbons (Fsp3) is 0.917. The van der Waals surface area contributed by atoms with Gasteiger partial charge in [-0.3, -0.25) is 4.79 Å². The zero-order valence-corrected chi connectivity index (χ0v) is 9.64. The van der Waals surface area contributed by atoms with Crippen molar-refractivity contribution in [1.82, 2.24) is 10.6 Å². The number of nitrogens with one attached hydrogen (secondary N) is 2. The van der Waals surface area contributed by atoms with Crippen molar-refractivity contribution in [3.05, 3.63) is 0 Å². The molecule has 1 aliphatic heterocycles. The molecule has 2 rings (SSSR count). The van der Waals surface area contributed by atoms with Crippen LogP contribution in [0.4, 0.5) is 0 Å². The first-order chi connectivity index (χ1) is 7.27. The maximum Gasteiger partial charge on any atom is 0.226 e. The molecule has 15 heavy (non-hydrogen) atoms. The van der Waals surface area contributed by atoms with Gasteiger partial charge in [-0.15, -0.1) is 0 Å². The highest BCUT2D eigenvalue weighted by atomic mass is 16.2. The Labute approximate surface area is 92.0 Å². The molecule has 1 atom stereocenters. The molecular formula is C12H22N2O. The summed E-state index contributed by atoms with van der Waals surface area (Å²) in [5.74, 6) is 0.310. The predicted octanol–water partition coefficient (Wildman–Crippen LogP) is 1.43. The molecule has 0 aromatic rings. The van der Waals surface area contributed by atoms with Crippen molar-refractivity contribution < 1.29 is 4.79 Å². The van der Waals surface area contributed by atoms with Crippen LogP contribution in [0, 0.1) is 5.41 Å². The van der Waals surface area contributed by atoms with Crippen LogP contribution in [0.25, 0.3) is 0 Å². The van der Waals surface area contributed by atoms with Gasteiger partial charge in [0.25, 0.3) is 0 Å². The van der Waals surface area contributed by atoms with Gasteiger partial charge in [-0.05, 0) is 38.6 Å². The predicted molar refractivity (Wildman–Crippen MR) is 60.6 cm³/mol. The third kappa shape index (κ3) is 2.17. The number of carbonyl (C=O) groups excluding carboxylic acids is 1. The Morgan fingerprint density at radius 3 is 2.73 bits per heavy atom. The Hall–Kier alpha value is -0.570. The molecule has 2 N–H and O–H groups in total. The molecule has 0 unspecified atom stereocenters. The van der Waals surface area contributed by atoms with Gasteiger partial charge in [0.2, 0.25) is 5.91 Å². The second kappa shape index (κ2) is 4.52. The van der Waals surface area contributed by atoms with Crippen LogP contribution in [-0.2, 0) is 4.79 Å². The van der Waals surface area contributed by atoms with Crippen molar-refractivity contribution in [2.24, 2.45) is 5.41 Å². The lowest BCUT2D eigenvalue weighted by Crippen LogP contribution is -2.52. The average molecular weight is 210 g/mol. The lowest BCUT2D eigenvalue weighted by molar-refractivity contribution is -0.137. The van der Waals surface area contributed by atoms with Gasteiger partial charge in [0, 0.05) is 18.0 Å². The quantitative estimate of drug-likeness (QED) is 0.740. The fourth-order valence-electron chi connectivity index (χ4n) is 2.66. The summed E-state index contributed by atoms with van der Waals surface area (Å²) in [6.45, 7) is 4.19. The molecule has 1 amide bonds. The minimum Gasteiger partial charge on any atom is -0.352 e. The number of hydrogen-bond donors (Lipinski definition) is 2. The average Bonchev–Trinajstić information content (AvgIpc) is 2.18. The van der Waals surface area contributed by atoms with E-state index in [9.17, 15) is 4.79 Å². The molecule has 86 valence electrons. The number of piperidine rings is 1. The van der Waals surface area contributed by atoms with Gasteiger partial charge in [-0.25, -0.2) is 0 Å².